The maximum absolute atomic E-state index is 12.8. The average molecular weight is 493 g/mol. The van der Waals surface area contributed by atoms with Crippen LogP contribution in [0.5, 0.6) is 5.75 Å². The Balaban J connectivity index is 1.62. The van der Waals surface area contributed by atoms with Crippen LogP contribution in [0.1, 0.15) is 18.1 Å². The molecule has 0 saturated carbocycles. The molecule has 1 aromatic heterocycles. The van der Waals surface area contributed by atoms with Crippen molar-refractivity contribution in [2.24, 2.45) is 0 Å². The Hall–Kier alpha value is -3.29. The fourth-order valence-corrected chi connectivity index (χ4v) is 4.53. The highest BCUT2D eigenvalue weighted by molar-refractivity contribution is 7.99. The third kappa shape index (κ3) is 5.43. The molecule has 0 bridgehead atoms. The van der Waals surface area contributed by atoms with Gasteiger partial charge in [-0.2, -0.15) is 0 Å². The molecule has 0 spiro atoms. The first-order valence-electron chi connectivity index (χ1n) is 10.9. The molecule has 0 radical (unpaired) electrons. The molecule has 34 heavy (non-hydrogen) atoms. The topological polar surface area (TPSA) is 69.0 Å². The standard InChI is InChI=1S/C26H25ClN4O2S/c1-4-33-22-13-11-21(12-14-22)31-25(19-9-6-10-20(27)15-19)29-30-26(31)34-16-23(32)28-24-17(2)7-5-8-18(24)3/h5-15H,4,16H2,1-3H3,(H,28,32). The highest BCUT2D eigenvalue weighted by atomic mass is 35.5. The van der Waals surface area contributed by atoms with Crippen molar-refractivity contribution in [3.05, 3.63) is 82.9 Å². The monoisotopic (exact) mass is 492 g/mol. The number of carbonyl (C=O) groups is 1. The van der Waals surface area contributed by atoms with Crippen LogP contribution in [0.2, 0.25) is 5.02 Å². The van der Waals surface area contributed by atoms with E-state index in [0.29, 0.717) is 22.6 Å². The van der Waals surface area contributed by atoms with Gasteiger partial charge in [0.1, 0.15) is 5.75 Å². The predicted octanol–water partition coefficient (Wildman–Crippen LogP) is 6.33. The number of amides is 1. The first-order chi connectivity index (χ1) is 16.5. The second-order valence-electron chi connectivity index (χ2n) is 7.68. The number of carbonyl (C=O) groups excluding carboxylic acids is 1. The summed E-state index contributed by atoms with van der Waals surface area (Å²) in [4.78, 5) is 12.8. The Kier molecular flexibility index (Phi) is 7.55. The number of nitrogens with zero attached hydrogens (tertiary/aromatic N) is 3. The van der Waals surface area contributed by atoms with Crippen LogP contribution in [-0.2, 0) is 4.79 Å². The van der Waals surface area contributed by atoms with Gasteiger partial charge in [-0.25, -0.2) is 0 Å². The SMILES string of the molecule is CCOc1ccc(-n2c(SCC(=O)Nc3c(C)cccc3C)nnc2-c2cccc(Cl)c2)cc1. The summed E-state index contributed by atoms with van der Waals surface area (Å²) in [5.74, 6) is 1.52. The van der Waals surface area contributed by atoms with E-state index in [1.54, 1.807) is 0 Å². The minimum Gasteiger partial charge on any atom is -0.494 e. The molecular weight excluding hydrogens is 468 g/mol. The van der Waals surface area contributed by atoms with Crippen molar-refractivity contribution in [1.29, 1.82) is 0 Å². The highest BCUT2D eigenvalue weighted by Gasteiger charge is 2.18. The number of thioether (sulfide) groups is 1. The number of para-hydroxylation sites is 1. The van der Waals surface area contributed by atoms with Crippen molar-refractivity contribution in [1.82, 2.24) is 14.8 Å². The van der Waals surface area contributed by atoms with Gasteiger partial charge in [-0.15, -0.1) is 10.2 Å². The number of benzene rings is 3. The lowest BCUT2D eigenvalue weighted by atomic mass is 10.1. The summed E-state index contributed by atoms with van der Waals surface area (Å²) in [5.41, 5.74) is 4.60. The summed E-state index contributed by atoms with van der Waals surface area (Å²) in [7, 11) is 0. The molecule has 4 rings (SSSR count). The molecule has 6 nitrogen and oxygen atoms in total. The Bertz CT molecular complexity index is 1280. The lowest BCUT2D eigenvalue weighted by molar-refractivity contribution is -0.113. The second kappa shape index (κ2) is 10.8. The molecule has 8 heteroatoms. The number of aryl methyl sites for hydroxylation is 2. The maximum atomic E-state index is 12.8. The van der Waals surface area contributed by atoms with Crippen molar-refractivity contribution in [2.75, 3.05) is 17.7 Å². The van der Waals surface area contributed by atoms with E-state index in [4.69, 9.17) is 16.3 Å². The third-order valence-corrected chi connectivity index (χ3v) is 6.36. The van der Waals surface area contributed by atoms with Crippen molar-refractivity contribution >= 4 is 35.0 Å². The molecular formula is C26H25ClN4O2S. The van der Waals surface area contributed by atoms with Gasteiger partial charge >= 0.3 is 0 Å². The zero-order valence-corrected chi connectivity index (χ0v) is 20.8. The molecule has 0 fully saturated rings. The van der Waals surface area contributed by atoms with E-state index in [1.165, 1.54) is 11.8 Å². The fraction of sp³-hybridized carbons (Fsp3) is 0.192. The van der Waals surface area contributed by atoms with Crippen LogP contribution in [0, 0.1) is 13.8 Å². The number of halogens is 1. The van der Waals surface area contributed by atoms with Crippen molar-refractivity contribution in [3.8, 4) is 22.8 Å². The van der Waals surface area contributed by atoms with E-state index < -0.39 is 0 Å². The van der Waals surface area contributed by atoms with Gasteiger partial charge in [0.15, 0.2) is 11.0 Å². The summed E-state index contributed by atoms with van der Waals surface area (Å²) >= 11 is 7.56. The Morgan fingerprint density at radius 1 is 1.03 bits per heavy atom. The first-order valence-corrected chi connectivity index (χ1v) is 12.3. The molecule has 0 aliphatic heterocycles. The summed E-state index contributed by atoms with van der Waals surface area (Å²) in [6.45, 7) is 6.50. The largest absolute Gasteiger partial charge is 0.494 e. The maximum Gasteiger partial charge on any atom is 0.234 e. The molecule has 0 aliphatic carbocycles. The predicted molar refractivity (Wildman–Crippen MR) is 138 cm³/mol. The normalized spacial score (nSPS) is 10.8. The lowest BCUT2D eigenvalue weighted by Crippen LogP contribution is -2.16. The Labute approximate surface area is 208 Å². The van der Waals surface area contributed by atoms with E-state index in [0.717, 1.165) is 33.8 Å². The van der Waals surface area contributed by atoms with Gasteiger partial charge in [0, 0.05) is 22.0 Å². The Morgan fingerprint density at radius 2 is 1.74 bits per heavy atom. The molecule has 0 atom stereocenters. The van der Waals surface area contributed by atoms with Gasteiger partial charge in [0.25, 0.3) is 0 Å². The van der Waals surface area contributed by atoms with Crippen LogP contribution in [0.3, 0.4) is 0 Å². The van der Waals surface area contributed by atoms with Gasteiger partial charge in [-0.1, -0.05) is 53.7 Å². The molecule has 0 aliphatic rings. The van der Waals surface area contributed by atoms with Crippen LogP contribution in [0.4, 0.5) is 5.69 Å². The van der Waals surface area contributed by atoms with Crippen LogP contribution in [0.25, 0.3) is 17.1 Å². The summed E-state index contributed by atoms with van der Waals surface area (Å²) in [6.07, 6.45) is 0. The van der Waals surface area contributed by atoms with Gasteiger partial charge in [0.05, 0.1) is 12.4 Å². The van der Waals surface area contributed by atoms with Crippen molar-refractivity contribution in [3.63, 3.8) is 0 Å². The van der Waals surface area contributed by atoms with Crippen LogP contribution >= 0.6 is 23.4 Å². The smallest absolute Gasteiger partial charge is 0.234 e. The first kappa shape index (κ1) is 23.9. The number of rotatable bonds is 8. The van der Waals surface area contributed by atoms with Gasteiger partial charge in [-0.05, 0) is 68.3 Å². The van der Waals surface area contributed by atoms with E-state index in [9.17, 15) is 4.79 Å². The van der Waals surface area contributed by atoms with Crippen LogP contribution in [0.15, 0.2) is 71.9 Å². The lowest BCUT2D eigenvalue weighted by Gasteiger charge is -2.13. The zero-order valence-electron chi connectivity index (χ0n) is 19.2. The molecule has 3 aromatic carbocycles. The van der Waals surface area contributed by atoms with Crippen molar-refractivity contribution < 1.29 is 9.53 Å². The molecule has 1 heterocycles. The number of anilines is 1. The third-order valence-electron chi connectivity index (χ3n) is 5.20. The van der Waals surface area contributed by atoms with Gasteiger partial charge in [0.2, 0.25) is 5.91 Å². The number of hydrogen-bond acceptors (Lipinski definition) is 5. The van der Waals surface area contributed by atoms with E-state index >= 15 is 0 Å². The molecule has 4 aromatic rings. The van der Waals surface area contributed by atoms with E-state index in [2.05, 4.69) is 15.5 Å². The fourth-order valence-electron chi connectivity index (χ4n) is 3.59. The van der Waals surface area contributed by atoms with Gasteiger partial charge in [-0.3, -0.25) is 9.36 Å². The van der Waals surface area contributed by atoms with Crippen LogP contribution in [-0.4, -0.2) is 33.0 Å². The molecule has 174 valence electrons. The summed E-state index contributed by atoms with van der Waals surface area (Å²) in [5, 5.41) is 13.1. The number of ether oxygens (including phenoxy) is 1. The minimum atomic E-state index is -0.104. The minimum absolute atomic E-state index is 0.104. The zero-order chi connectivity index (χ0) is 24.1. The highest BCUT2D eigenvalue weighted by Crippen LogP contribution is 2.30. The quantitative estimate of drug-likeness (QED) is 0.291. The van der Waals surface area contributed by atoms with Crippen molar-refractivity contribution in [2.45, 2.75) is 25.9 Å². The van der Waals surface area contributed by atoms with Crippen LogP contribution < -0.4 is 10.1 Å². The summed E-state index contributed by atoms with van der Waals surface area (Å²) in [6, 6.07) is 21.1. The number of hydrogen-bond donors (Lipinski definition) is 1. The Morgan fingerprint density at radius 3 is 2.41 bits per heavy atom. The second-order valence-corrected chi connectivity index (χ2v) is 9.06. The molecule has 0 saturated heterocycles. The molecule has 1 N–H and O–H groups in total. The number of nitrogens with one attached hydrogen (secondary N) is 1. The average Bonchev–Trinajstić information content (AvgIpc) is 3.25. The molecule has 1 amide bonds. The summed E-state index contributed by atoms with van der Waals surface area (Å²) < 4.78 is 7.51. The number of aromatic nitrogens is 3. The van der Waals surface area contributed by atoms with E-state index in [-0.39, 0.29) is 11.7 Å². The molecule has 0 unspecified atom stereocenters. The van der Waals surface area contributed by atoms with E-state index in [1.807, 2.05) is 92.1 Å². The van der Waals surface area contributed by atoms with Gasteiger partial charge < -0.3 is 10.1 Å².